The molecule has 128 valence electrons. The summed E-state index contributed by atoms with van der Waals surface area (Å²) in [6, 6.07) is 6.81. The number of rotatable bonds is 2. The van der Waals surface area contributed by atoms with Gasteiger partial charge in [0.15, 0.2) is 0 Å². The third kappa shape index (κ3) is 2.69. The van der Waals surface area contributed by atoms with Gasteiger partial charge in [-0.1, -0.05) is 12.1 Å². The number of hydrogen-bond acceptors (Lipinski definition) is 6. The maximum Gasteiger partial charge on any atom is 0.351 e. The van der Waals surface area contributed by atoms with Crippen LogP contribution in [0.2, 0.25) is 0 Å². The van der Waals surface area contributed by atoms with E-state index in [0.717, 1.165) is 19.8 Å². The van der Waals surface area contributed by atoms with E-state index in [4.69, 9.17) is 0 Å². The van der Waals surface area contributed by atoms with E-state index in [2.05, 4.69) is 10.2 Å². The molecule has 9 nitrogen and oxygen atoms in total. The molecule has 0 saturated carbocycles. The molecule has 0 aliphatic carbocycles. The Hall–Kier alpha value is -3.36. The third-order valence-corrected chi connectivity index (χ3v) is 3.88. The summed E-state index contributed by atoms with van der Waals surface area (Å²) in [5, 5.41) is 8.58. The molecular formula is C16H15N5O4. The van der Waals surface area contributed by atoms with Crippen molar-refractivity contribution in [2.75, 3.05) is 7.05 Å². The van der Waals surface area contributed by atoms with Gasteiger partial charge in [-0.25, -0.2) is 19.1 Å². The monoisotopic (exact) mass is 341 g/mol. The Labute approximate surface area is 141 Å². The predicted octanol–water partition coefficient (Wildman–Crippen LogP) is -0.650. The number of amides is 1. The second-order valence-electron chi connectivity index (χ2n) is 5.71. The zero-order chi connectivity index (χ0) is 18.3. The molecular weight excluding hydrogens is 326 g/mol. The van der Waals surface area contributed by atoms with Crippen LogP contribution in [0.5, 0.6) is 0 Å². The Balaban J connectivity index is 2.26. The van der Waals surface area contributed by atoms with Crippen molar-refractivity contribution >= 4 is 17.9 Å². The van der Waals surface area contributed by atoms with Gasteiger partial charge in [-0.3, -0.25) is 14.4 Å². The molecule has 3 rings (SSSR count). The fraction of sp³-hybridized carbons (Fsp3) is 0.250. The molecule has 1 aromatic heterocycles. The van der Waals surface area contributed by atoms with Crippen molar-refractivity contribution in [2.24, 2.45) is 12.1 Å². The van der Waals surface area contributed by atoms with Crippen molar-refractivity contribution in [3.05, 3.63) is 56.4 Å². The maximum absolute atomic E-state index is 12.8. The van der Waals surface area contributed by atoms with E-state index in [9.17, 15) is 19.2 Å². The number of carbonyl (C=O) groups is 2. The molecule has 0 bridgehead atoms. The van der Waals surface area contributed by atoms with Crippen LogP contribution < -0.4 is 11.2 Å². The summed E-state index contributed by atoms with van der Waals surface area (Å²) in [6.07, 6.45) is 1.18. The fourth-order valence-electron chi connectivity index (χ4n) is 2.56. The van der Waals surface area contributed by atoms with Gasteiger partial charge in [0.2, 0.25) is 5.78 Å². The van der Waals surface area contributed by atoms with Crippen molar-refractivity contribution in [3.63, 3.8) is 0 Å². The van der Waals surface area contributed by atoms with Crippen LogP contribution in [0.25, 0.3) is 5.69 Å². The van der Waals surface area contributed by atoms with Gasteiger partial charge in [0.05, 0.1) is 5.69 Å². The van der Waals surface area contributed by atoms with E-state index in [1.54, 1.807) is 18.2 Å². The maximum atomic E-state index is 12.8. The van der Waals surface area contributed by atoms with Crippen LogP contribution in [-0.4, -0.2) is 44.3 Å². The van der Waals surface area contributed by atoms with E-state index in [1.165, 1.54) is 20.3 Å². The highest BCUT2D eigenvalue weighted by Gasteiger charge is 2.35. The lowest BCUT2D eigenvalue weighted by Gasteiger charge is -2.20. The molecule has 0 radical (unpaired) electrons. The van der Waals surface area contributed by atoms with E-state index in [-0.39, 0.29) is 5.69 Å². The molecule has 2 aromatic rings. The number of hydrazone groups is 1. The van der Waals surface area contributed by atoms with Crippen molar-refractivity contribution < 1.29 is 9.59 Å². The lowest BCUT2D eigenvalue weighted by molar-refractivity contribution is -0.144. The van der Waals surface area contributed by atoms with Gasteiger partial charge in [0.1, 0.15) is 11.6 Å². The molecule has 1 amide bonds. The van der Waals surface area contributed by atoms with Crippen molar-refractivity contribution in [1.82, 2.24) is 19.4 Å². The SMILES string of the molecule is Cc1cccc(-n2c(=O)c(C3C=NN(C)C(=O)C3=O)nn(C)c2=O)c1. The fourth-order valence-corrected chi connectivity index (χ4v) is 2.56. The van der Waals surface area contributed by atoms with Gasteiger partial charge in [0.25, 0.3) is 5.56 Å². The van der Waals surface area contributed by atoms with Crippen LogP contribution >= 0.6 is 0 Å². The highest BCUT2D eigenvalue weighted by Crippen LogP contribution is 2.15. The van der Waals surface area contributed by atoms with Gasteiger partial charge < -0.3 is 0 Å². The number of aryl methyl sites for hydroxylation is 2. The lowest BCUT2D eigenvalue weighted by atomic mass is 10.00. The summed E-state index contributed by atoms with van der Waals surface area (Å²) in [5.74, 6) is -2.89. The minimum absolute atomic E-state index is 0.223. The number of ketones is 1. The average molecular weight is 341 g/mol. The molecule has 1 aromatic carbocycles. The Bertz CT molecular complexity index is 1030. The Morgan fingerprint density at radius 3 is 2.48 bits per heavy atom. The summed E-state index contributed by atoms with van der Waals surface area (Å²) in [7, 11) is 2.71. The van der Waals surface area contributed by atoms with E-state index < -0.39 is 28.9 Å². The molecule has 0 spiro atoms. The summed E-state index contributed by atoms with van der Waals surface area (Å²) in [4.78, 5) is 49.3. The number of likely N-dealkylation sites (N-methyl/N-ethyl adjacent to an activating group) is 1. The number of benzene rings is 1. The zero-order valence-electron chi connectivity index (χ0n) is 13.8. The number of aromatic nitrogens is 3. The molecule has 9 heteroatoms. The first kappa shape index (κ1) is 16.5. The van der Waals surface area contributed by atoms with Crippen LogP contribution in [0, 0.1) is 6.92 Å². The number of carbonyl (C=O) groups excluding carboxylic acids is 2. The van der Waals surface area contributed by atoms with E-state index in [0.29, 0.717) is 5.69 Å². The summed E-state index contributed by atoms with van der Waals surface area (Å²) in [6.45, 7) is 1.83. The van der Waals surface area contributed by atoms with Crippen molar-refractivity contribution in [1.29, 1.82) is 0 Å². The zero-order valence-corrected chi connectivity index (χ0v) is 13.8. The third-order valence-electron chi connectivity index (χ3n) is 3.88. The Morgan fingerprint density at radius 2 is 1.80 bits per heavy atom. The van der Waals surface area contributed by atoms with Crippen LogP contribution in [0.3, 0.4) is 0 Å². The molecule has 0 N–H and O–H groups in total. The summed E-state index contributed by atoms with van der Waals surface area (Å²) < 4.78 is 1.89. The van der Waals surface area contributed by atoms with Crippen molar-refractivity contribution in [2.45, 2.75) is 12.8 Å². The van der Waals surface area contributed by atoms with E-state index >= 15 is 0 Å². The minimum atomic E-state index is -1.22. The van der Waals surface area contributed by atoms with Gasteiger partial charge >= 0.3 is 11.6 Å². The van der Waals surface area contributed by atoms with Gasteiger partial charge in [-0.2, -0.15) is 10.2 Å². The molecule has 2 heterocycles. The smallest absolute Gasteiger partial charge is 0.287 e. The molecule has 1 aliphatic rings. The van der Waals surface area contributed by atoms with Gasteiger partial charge in [-0.15, -0.1) is 0 Å². The molecule has 1 atom stereocenters. The Morgan fingerprint density at radius 1 is 1.08 bits per heavy atom. The predicted molar refractivity (Wildman–Crippen MR) is 88.8 cm³/mol. The van der Waals surface area contributed by atoms with Crippen LogP contribution in [0.4, 0.5) is 0 Å². The summed E-state index contributed by atoms with van der Waals surface area (Å²) in [5.41, 5.74) is -0.410. The summed E-state index contributed by atoms with van der Waals surface area (Å²) >= 11 is 0. The van der Waals surface area contributed by atoms with Gasteiger partial charge in [-0.05, 0) is 24.6 Å². The number of nitrogens with zero attached hydrogens (tertiary/aromatic N) is 5. The Kier molecular flexibility index (Phi) is 3.91. The van der Waals surface area contributed by atoms with Crippen molar-refractivity contribution in [3.8, 4) is 5.69 Å². The molecule has 1 unspecified atom stereocenters. The number of hydrogen-bond donors (Lipinski definition) is 0. The van der Waals surface area contributed by atoms with Gasteiger partial charge in [0, 0.05) is 20.3 Å². The van der Waals surface area contributed by atoms with Crippen LogP contribution in [0.15, 0.2) is 39.0 Å². The standard InChI is InChI=1S/C16H15N5O4/c1-9-5-4-6-10(7-9)21-14(23)12(18-20(3)16(21)25)11-8-17-19(2)15(24)13(11)22/h4-8,11H,1-3H3. The number of Topliss-reactive ketones (excluding diaryl/α,β-unsaturated/α-hetero) is 1. The largest absolute Gasteiger partial charge is 0.351 e. The minimum Gasteiger partial charge on any atom is -0.287 e. The van der Waals surface area contributed by atoms with E-state index in [1.807, 2.05) is 13.0 Å². The quantitative estimate of drug-likeness (QED) is 0.675. The molecule has 0 fully saturated rings. The second kappa shape index (κ2) is 5.93. The molecule has 1 aliphatic heterocycles. The average Bonchev–Trinajstić information content (AvgIpc) is 2.57. The van der Waals surface area contributed by atoms with Crippen LogP contribution in [0.1, 0.15) is 17.2 Å². The first-order valence-electron chi connectivity index (χ1n) is 7.44. The lowest BCUT2D eigenvalue weighted by Crippen LogP contribution is -2.46. The first-order chi connectivity index (χ1) is 11.8. The molecule has 0 saturated heterocycles. The highest BCUT2D eigenvalue weighted by molar-refractivity contribution is 6.42. The highest BCUT2D eigenvalue weighted by atomic mass is 16.2. The topological polar surface area (TPSA) is 107 Å². The normalized spacial score (nSPS) is 17.2. The first-order valence-corrected chi connectivity index (χ1v) is 7.44. The molecule has 25 heavy (non-hydrogen) atoms. The second-order valence-corrected chi connectivity index (χ2v) is 5.71. The van der Waals surface area contributed by atoms with Crippen LogP contribution in [-0.2, 0) is 16.6 Å².